The first-order chi connectivity index (χ1) is 11.1. The summed E-state index contributed by atoms with van der Waals surface area (Å²) >= 11 is 0. The van der Waals surface area contributed by atoms with Gasteiger partial charge in [-0.3, -0.25) is 20.6 Å². The maximum Gasteiger partial charge on any atom is 0.490 e. The first kappa shape index (κ1) is 25.3. The number of carboxylic acid groups (broad SMARTS) is 2. The van der Waals surface area contributed by atoms with Crippen molar-refractivity contribution in [3.8, 4) is 0 Å². The molecule has 1 amide bonds. The summed E-state index contributed by atoms with van der Waals surface area (Å²) in [7, 11) is 1.48. The van der Waals surface area contributed by atoms with Gasteiger partial charge in [-0.1, -0.05) is 13.8 Å². The molecule has 0 saturated heterocycles. The van der Waals surface area contributed by atoms with E-state index in [9.17, 15) is 22.8 Å². The fourth-order valence-electron chi connectivity index (χ4n) is 1.49. The van der Waals surface area contributed by atoms with Crippen LogP contribution in [0.3, 0.4) is 0 Å². The second kappa shape index (κ2) is 10.8. The molecular formula is C13H25F3N4O5. The van der Waals surface area contributed by atoms with Crippen LogP contribution in [0.25, 0.3) is 0 Å². The number of aliphatic carboxylic acids is 2. The minimum atomic E-state index is -5.08. The van der Waals surface area contributed by atoms with Crippen LogP contribution >= 0.6 is 0 Å². The quantitative estimate of drug-likeness (QED) is 0.382. The van der Waals surface area contributed by atoms with E-state index in [2.05, 4.69) is 5.32 Å². The summed E-state index contributed by atoms with van der Waals surface area (Å²) in [5, 5.41) is 18.9. The van der Waals surface area contributed by atoms with Gasteiger partial charge in [-0.15, -0.1) is 0 Å². The molecule has 0 aromatic carbocycles. The number of rotatable bonds is 7. The Morgan fingerprint density at radius 1 is 1.12 bits per heavy atom. The van der Waals surface area contributed by atoms with Gasteiger partial charge < -0.3 is 20.8 Å². The van der Waals surface area contributed by atoms with Crippen molar-refractivity contribution < 1.29 is 37.8 Å². The fourth-order valence-corrected chi connectivity index (χ4v) is 1.49. The van der Waals surface area contributed by atoms with E-state index in [-0.39, 0.29) is 11.8 Å². The second-order valence-electron chi connectivity index (χ2n) is 5.67. The lowest BCUT2D eigenvalue weighted by Gasteiger charge is -2.29. The first-order valence-corrected chi connectivity index (χ1v) is 7.18. The van der Waals surface area contributed by atoms with Crippen LogP contribution in [0.4, 0.5) is 13.2 Å². The second-order valence-corrected chi connectivity index (χ2v) is 5.67. The van der Waals surface area contributed by atoms with E-state index in [1.807, 2.05) is 13.8 Å². The van der Waals surface area contributed by atoms with Crippen molar-refractivity contribution in [2.75, 3.05) is 7.05 Å². The molecule has 0 fully saturated rings. The van der Waals surface area contributed by atoms with Crippen molar-refractivity contribution in [3.05, 3.63) is 0 Å². The van der Waals surface area contributed by atoms with E-state index in [4.69, 9.17) is 26.5 Å². The highest BCUT2D eigenvalue weighted by Crippen LogP contribution is 2.13. The number of hydrogen-bond donors (Lipinski definition) is 5. The summed E-state index contributed by atoms with van der Waals surface area (Å²) in [6.07, 6.45) is -5.52. The van der Waals surface area contributed by atoms with E-state index < -0.39 is 36.5 Å². The number of nitrogens with one attached hydrogen (secondary N) is 1. The largest absolute Gasteiger partial charge is 0.490 e. The third-order valence-electron chi connectivity index (χ3n) is 2.77. The van der Waals surface area contributed by atoms with Gasteiger partial charge in [0.1, 0.15) is 12.3 Å². The molecule has 0 rings (SSSR count). The van der Waals surface area contributed by atoms with Crippen LogP contribution in [0, 0.1) is 5.92 Å². The molecule has 7 N–H and O–H groups in total. The Hall–Kier alpha value is -1.92. The van der Waals surface area contributed by atoms with Crippen LogP contribution in [0.15, 0.2) is 0 Å². The average molecular weight is 374 g/mol. The van der Waals surface area contributed by atoms with Gasteiger partial charge in [-0.25, -0.2) is 4.79 Å². The molecule has 0 aliphatic heterocycles. The topological polar surface area (TPSA) is 159 Å². The Morgan fingerprint density at radius 3 is 1.76 bits per heavy atom. The summed E-state index contributed by atoms with van der Waals surface area (Å²) in [6.45, 7) is 5.38. The molecule has 0 bridgehead atoms. The Morgan fingerprint density at radius 2 is 1.52 bits per heavy atom. The van der Waals surface area contributed by atoms with Crippen LogP contribution in [0.1, 0.15) is 27.2 Å². The van der Waals surface area contributed by atoms with Gasteiger partial charge in [0.05, 0.1) is 6.04 Å². The SMILES string of the molecule is CC(C)C[C@@H](N[C@@H](N)N(C)C(=O)C(C)N)C(=O)O.O=C(O)C(F)(F)F. The number of carboxylic acids is 2. The molecule has 0 aliphatic carbocycles. The smallest absolute Gasteiger partial charge is 0.480 e. The minimum absolute atomic E-state index is 0.209. The number of carbonyl (C=O) groups is 3. The van der Waals surface area contributed by atoms with Crippen molar-refractivity contribution in [1.82, 2.24) is 10.2 Å². The predicted octanol–water partition coefficient (Wildman–Crippen LogP) is -0.243. The normalized spacial score (nSPS) is 14.8. The van der Waals surface area contributed by atoms with E-state index in [0.717, 1.165) is 0 Å². The molecule has 148 valence electrons. The van der Waals surface area contributed by atoms with E-state index in [1.165, 1.54) is 11.9 Å². The first-order valence-electron chi connectivity index (χ1n) is 7.18. The standard InChI is InChI=1S/C11H24N4O3.C2HF3O2/c1-6(2)5-8(10(17)18)14-11(13)15(4)9(16)7(3)12;3-2(4,5)1(6)7/h6-8,11,14H,5,12-13H2,1-4H3,(H,17,18);(H,6,7)/t7?,8-,11-;/m1./s1. The third-order valence-corrected chi connectivity index (χ3v) is 2.77. The number of halogens is 3. The molecular weight excluding hydrogens is 349 g/mol. The zero-order valence-electron chi connectivity index (χ0n) is 14.4. The molecule has 0 aromatic rings. The summed E-state index contributed by atoms with van der Waals surface area (Å²) in [5.74, 6) is -3.88. The molecule has 0 spiro atoms. The van der Waals surface area contributed by atoms with E-state index >= 15 is 0 Å². The van der Waals surface area contributed by atoms with Crippen LogP contribution in [-0.4, -0.2) is 64.6 Å². The van der Waals surface area contributed by atoms with Crippen LogP contribution in [0.2, 0.25) is 0 Å². The van der Waals surface area contributed by atoms with Gasteiger partial charge in [-0.2, -0.15) is 13.2 Å². The number of nitrogens with two attached hydrogens (primary N) is 2. The van der Waals surface area contributed by atoms with Crippen molar-refractivity contribution in [2.45, 2.75) is 51.7 Å². The Balaban J connectivity index is 0. The fraction of sp³-hybridized carbons (Fsp3) is 0.769. The molecule has 0 radical (unpaired) electrons. The lowest BCUT2D eigenvalue weighted by atomic mass is 10.0. The van der Waals surface area contributed by atoms with Crippen molar-refractivity contribution in [2.24, 2.45) is 17.4 Å². The number of hydrogen-bond acceptors (Lipinski definition) is 6. The average Bonchev–Trinajstić information content (AvgIpc) is 2.43. The van der Waals surface area contributed by atoms with Crippen LogP contribution < -0.4 is 16.8 Å². The highest BCUT2D eigenvalue weighted by molar-refractivity contribution is 5.81. The Kier molecular flexibility index (Phi) is 11.0. The van der Waals surface area contributed by atoms with Crippen molar-refractivity contribution >= 4 is 17.8 Å². The monoisotopic (exact) mass is 374 g/mol. The number of amides is 1. The summed E-state index contributed by atoms with van der Waals surface area (Å²) in [4.78, 5) is 32.7. The minimum Gasteiger partial charge on any atom is -0.480 e. The number of carbonyl (C=O) groups excluding carboxylic acids is 1. The molecule has 0 aliphatic rings. The third kappa shape index (κ3) is 11.3. The molecule has 12 heteroatoms. The summed E-state index contributed by atoms with van der Waals surface area (Å²) in [6, 6.07) is -1.46. The number of nitrogens with zero attached hydrogens (tertiary/aromatic N) is 1. The van der Waals surface area contributed by atoms with Gasteiger partial charge in [0.25, 0.3) is 0 Å². The molecule has 0 aromatic heterocycles. The molecule has 9 nitrogen and oxygen atoms in total. The number of alkyl halides is 3. The Bertz CT molecular complexity index is 457. The maximum atomic E-state index is 11.6. The lowest BCUT2D eigenvalue weighted by Crippen LogP contribution is -2.59. The molecule has 3 atom stereocenters. The number of likely N-dealkylation sites (N-methyl/N-ethyl adjacent to an activating group) is 1. The van der Waals surface area contributed by atoms with Gasteiger partial charge in [-0.05, 0) is 19.3 Å². The summed E-state index contributed by atoms with van der Waals surface area (Å²) in [5.41, 5.74) is 11.2. The summed E-state index contributed by atoms with van der Waals surface area (Å²) < 4.78 is 31.7. The predicted molar refractivity (Wildman–Crippen MR) is 82.1 cm³/mol. The molecule has 0 saturated carbocycles. The Labute approximate surface area is 143 Å². The van der Waals surface area contributed by atoms with Gasteiger partial charge in [0, 0.05) is 7.05 Å². The molecule has 0 heterocycles. The van der Waals surface area contributed by atoms with Crippen LogP contribution in [0.5, 0.6) is 0 Å². The van der Waals surface area contributed by atoms with Gasteiger partial charge in [0.15, 0.2) is 0 Å². The highest BCUT2D eigenvalue weighted by Gasteiger charge is 2.38. The van der Waals surface area contributed by atoms with Crippen molar-refractivity contribution in [3.63, 3.8) is 0 Å². The zero-order valence-corrected chi connectivity index (χ0v) is 14.4. The molecule has 1 unspecified atom stereocenters. The van der Waals surface area contributed by atoms with Gasteiger partial charge >= 0.3 is 18.1 Å². The van der Waals surface area contributed by atoms with E-state index in [1.54, 1.807) is 6.92 Å². The highest BCUT2D eigenvalue weighted by atomic mass is 19.4. The van der Waals surface area contributed by atoms with Crippen LogP contribution in [-0.2, 0) is 14.4 Å². The van der Waals surface area contributed by atoms with Crippen molar-refractivity contribution in [1.29, 1.82) is 0 Å². The lowest BCUT2D eigenvalue weighted by molar-refractivity contribution is -0.192. The van der Waals surface area contributed by atoms with Gasteiger partial charge in [0.2, 0.25) is 5.91 Å². The molecule has 25 heavy (non-hydrogen) atoms. The maximum absolute atomic E-state index is 11.6. The zero-order chi connectivity index (χ0) is 20.5. The van der Waals surface area contributed by atoms with E-state index in [0.29, 0.717) is 6.42 Å².